The van der Waals surface area contributed by atoms with Gasteiger partial charge in [0.15, 0.2) is 0 Å². The fraction of sp³-hybridized carbons (Fsp3) is 0. The van der Waals surface area contributed by atoms with Crippen LogP contribution >= 0.6 is 0 Å². The zero-order valence-electron chi connectivity index (χ0n) is 28.4. The van der Waals surface area contributed by atoms with Crippen molar-refractivity contribution in [2.45, 2.75) is 0 Å². The minimum Gasteiger partial charge on any atom is -0.455 e. The Bertz CT molecular complexity index is 3410. The highest BCUT2D eigenvalue weighted by Gasteiger charge is 2.24. The quantitative estimate of drug-likeness (QED) is 0.175. The highest BCUT2D eigenvalue weighted by Crippen LogP contribution is 2.50. The Hall–Kier alpha value is -7.10. The van der Waals surface area contributed by atoms with Crippen LogP contribution in [-0.4, -0.2) is 0 Å². The van der Waals surface area contributed by atoms with Crippen molar-refractivity contribution in [1.29, 1.82) is 0 Å². The molecule has 12 rings (SSSR count). The maximum absolute atomic E-state index is 6.81. The molecule has 53 heavy (non-hydrogen) atoms. The van der Waals surface area contributed by atoms with Crippen LogP contribution in [-0.2, 0) is 0 Å². The van der Waals surface area contributed by atoms with E-state index in [0.717, 1.165) is 93.6 Å². The number of furan rings is 3. The molecule has 0 aliphatic carbocycles. The molecule has 0 atom stereocenters. The third kappa shape index (κ3) is 3.99. The summed E-state index contributed by atoms with van der Waals surface area (Å²) in [5.41, 5.74) is 12.0. The Morgan fingerprint density at radius 1 is 0.264 bits per heavy atom. The van der Waals surface area contributed by atoms with Crippen molar-refractivity contribution in [3.8, 4) is 33.4 Å². The number of fused-ring (bicyclic) bond motifs is 12. The molecule has 0 aliphatic heterocycles. The first-order valence-corrected chi connectivity index (χ1v) is 18.0. The van der Waals surface area contributed by atoms with Crippen LogP contribution in [0, 0.1) is 0 Å². The Labute approximate surface area is 302 Å². The highest BCUT2D eigenvalue weighted by atomic mass is 16.3. The average molecular weight is 677 g/mol. The van der Waals surface area contributed by atoms with Gasteiger partial charge in [0.05, 0.1) is 5.39 Å². The van der Waals surface area contributed by atoms with Gasteiger partial charge in [-0.25, -0.2) is 0 Å². The zero-order valence-corrected chi connectivity index (χ0v) is 28.4. The van der Waals surface area contributed by atoms with Crippen molar-refractivity contribution in [1.82, 2.24) is 0 Å². The van der Waals surface area contributed by atoms with Gasteiger partial charge in [0.2, 0.25) is 0 Å². The van der Waals surface area contributed by atoms with E-state index in [1.807, 2.05) is 36.4 Å². The van der Waals surface area contributed by atoms with Crippen molar-refractivity contribution in [2.24, 2.45) is 0 Å². The van der Waals surface area contributed by atoms with Crippen LogP contribution in [0.1, 0.15) is 0 Å². The molecule has 0 aliphatic rings. The van der Waals surface area contributed by atoms with E-state index in [4.69, 9.17) is 13.3 Å². The van der Waals surface area contributed by atoms with Gasteiger partial charge >= 0.3 is 0 Å². The summed E-state index contributed by atoms with van der Waals surface area (Å²) in [6.07, 6.45) is 0. The second-order valence-corrected chi connectivity index (χ2v) is 13.9. The van der Waals surface area contributed by atoms with Crippen LogP contribution in [0.4, 0.5) is 0 Å². The van der Waals surface area contributed by atoms with Crippen LogP contribution < -0.4 is 0 Å². The van der Waals surface area contributed by atoms with E-state index in [1.54, 1.807) is 0 Å². The molecule has 3 heterocycles. The molecule has 246 valence electrons. The van der Waals surface area contributed by atoms with Gasteiger partial charge in [-0.3, -0.25) is 0 Å². The number of rotatable bonds is 3. The molecule has 3 nitrogen and oxygen atoms in total. The fourth-order valence-corrected chi connectivity index (χ4v) is 8.80. The van der Waals surface area contributed by atoms with Gasteiger partial charge in [0.25, 0.3) is 0 Å². The molecule has 3 aromatic heterocycles. The molecule has 0 saturated heterocycles. The molecule has 0 N–H and O–H groups in total. The molecule has 12 aromatic rings. The second-order valence-electron chi connectivity index (χ2n) is 13.9. The molecule has 9 aromatic carbocycles. The van der Waals surface area contributed by atoms with Gasteiger partial charge in [-0.15, -0.1) is 0 Å². The lowest BCUT2D eigenvalue weighted by molar-refractivity contribution is 0.663. The van der Waals surface area contributed by atoms with Crippen molar-refractivity contribution in [3.05, 3.63) is 170 Å². The molecular weight excluding hydrogens is 649 g/mol. The summed E-state index contributed by atoms with van der Waals surface area (Å²) in [5, 5.41) is 11.2. The zero-order chi connectivity index (χ0) is 34.6. The molecule has 0 amide bonds. The summed E-state index contributed by atoms with van der Waals surface area (Å²) in [7, 11) is 0. The maximum atomic E-state index is 6.81. The fourth-order valence-electron chi connectivity index (χ4n) is 8.80. The smallest absolute Gasteiger partial charge is 0.147 e. The third-order valence-electron chi connectivity index (χ3n) is 11.1. The van der Waals surface area contributed by atoms with Gasteiger partial charge in [-0.05, 0) is 68.6 Å². The summed E-state index contributed by atoms with van der Waals surface area (Å²) in [6.45, 7) is 0. The summed E-state index contributed by atoms with van der Waals surface area (Å²) >= 11 is 0. The Morgan fingerprint density at radius 2 is 0.736 bits per heavy atom. The topological polar surface area (TPSA) is 39.4 Å². The van der Waals surface area contributed by atoms with Crippen molar-refractivity contribution in [2.75, 3.05) is 0 Å². The van der Waals surface area contributed by atoms with Crippen LogP contribution in [0.5, 0.6) is 0 Å². The van der Waals surface area contributed by atoms with Gasteiger partial charge in [0, 0.05) is 43.6 Å². The Balaban J connectivity index is 1.17. The van der Waals surface area contributed by atoms with E-state index in [0.29, 0.717) is 0 Å². The second kappa shape index (κ2) is 10.7. The van der Waals surface area contributed by atoms with Crippen molar-refractivity contribution < 1.29 is 13.3 Å². The summed E-state index contributed by atoms with van der Waals surface area (Å²) in [4.78, 5) is 0. The number of hydrogen-bond acceptors (Lipinski definition) is 3. The van der Waals surface area contributed by atoms with E-state index in [2.05, 4.69) is 133 Å². The molecule has 0 saturated carbocycles. The first-order valence-electron chi connectivity index (χ1n) is 18.0. The predicted molar refractivity (Wildman–Crippen MR) is 220 cm³/mol. The maximum Gasteiger partial charge on any atom is 0.147 e. The van der Waals surface area contributed by atoms with Crippen molar-refractivity contribution in [3.63, 3.8) is 0 Å². The highest BCUT2D eigenvalue weighted by molar-refractivity contribution is 6.29. The average Bonchev–Trinajstić information content (AvgIpc) is 3.91. The number of para-hydroxylation sites is 4. The summed E-state index contributed by atoms with van der Waals surface area (Å²) < 4.78 is 19.9. The molecular formula is C50H28O3. The van der Waals surface area contributed by atoms with E-state index in [-0.39, 0.29) is 0 Å². The molecule has 0 radical (unpaired) electrons. The van der Waals surface area contributed by atoms with E-state index < -0.39 is 0 Å². The Morgan fingerprint density at radius 3 is 1.42 bits per heavy atom. The van der Waals surface area contributed by atoms with Gasteiger partial charge in [0.1, 0.15) is 33.5 Å². The molecule has 0 fully saturated rings. The third-order valence-corrected chi connectivity index (χ3v) is 11.1. The lowest BCUT2D eigenvalue weighted by atomic mass is 9.84. The minimum absolute atomic E-state index is 0.835. The van der Waals surface area contributed by atoms with Gasteiger partial charge in [-0.1, -0.05) is 140 Å². The number of hydrogen-bond donors (Lipinski definition) is 0. The van der Waals surface area contributed by atoms with Crippen LogP contribution in [0.15, 0.2) is 183 Å². The first kappa shape index (κ1) is 28.6. The normalized spacial score (nSPS) is 12.2. The summed E-state index contributed by atoms with van der Waals surface area (Å²) in [6, 6.07) is 60.1. The Kier molecular flexibility index (Phi) is 5.77. The van der Waals surface area contributed by atoms with Crippen LogP contribution in [0.2, 0.25) is 0 Å². The van der Waals surface area contributed by atoms with Crippen LogP contribution in [0.3, 0.4) is 0 Å². The molecule has 0 spiro atoms. The predicted octanol–water partition coefficient (Wildman–Crippen LogP) is 14.7. The molecule has 0 unspecified atom stereocenters. The lowest BCUT2D eigenvalue weighted by Crippen LogP contribution is -1.92. The standard InChI is InChI=1S/C50H28O3/c1-3-19-36-34(17-1)45(30-14-11-13-29(27-30)31-22-12-23-38-32-15-5-8-24-42(32)51-48(31)38)35-18-2-4-20-37(35)46(36)41-28-40-33-16-6-9-25-43(33)52-49(40)47-39-21-7-10-26-44(39)53-50(41)47/h1-28H. The monoisotopic (exact) mass is 676 g/mol. The molecule has 0 bridgehead atoms. The van der Waals surface area contributed by atoms with E-state index in [1.165, 1.54) is 27.1 Å². The lowest BCUT2D eigenvalue weighted by Gasteiger charge is -2.18. The van der Waals surface area contributed by atoms with Gasteiger partial charge < -0.3 is 13.3 Å². The van der Waals surface area contributed by atoms with Crippen molar-refractivity contribution >= 4 is 87.4 Å². The first-order chi connectivity index (χ1) is 26.3. The van der Waals surface area contributed by atoms with Crippen LogP contribution in [0.25, 0.3) is 121 Å². The van der Waals surface area contributed by atoms with E-state index in [9.17, 15) is 0 Å². The van der Waals surface area contributed by atoms with E-state index >= 15 is 0 Å². The number of benzene rings is 9. The van der Waals surface area contributed by atoms with Gasteiger partial charge in [-0.2, -0.15) is 0 Å². The SMILES string of the molecule is c1cc(-c2c3ccccc3c(-c3cc4c5ccccc5oc4c4c3oc3ccccc34)c3ccccc23)cc(-c2cccc3c2oc2ccccc23)c1. The minimum atomic E-state index is 0.835. The molecule has 3 heteroatoms. The largest absolute Gasteiger partial charge is 0.455 e. The summed E-state index contributed by atoms with van der Waals surface area (Å²) in [5.74, 6) is 0.